The summed E-state index contributed by atoms with van der Waals surface area (Å²) >= 11 is 6.74. The normalized spacial score (nSPS) is 45.1. The molecule has 0 N–H and O–H groups in total. The van der Waals surface area contributed by atoms with Crippen LogP contribution in [-0.4, -0.2) is 18.4 Å². The van der Waals surface area contributed by atoms with Gasteiger partial charge >= 0.3 is 0 Å². The van der Waals surface area contributed by atoms with Gasteiger partial charge in [0.05, 0.1) is 11.5 Å². The molecule has 170 valence electrons. The highest BCUT2D eigenvalue weighted by Crippen LogP contribution is 2.69. The molecule has 1 nitrogen and oxygen atoms in total. The molecule has 0 aromatic carbocycles. The monoisotopic (exact) mass is 432 g/mol. The van der Waals surface area contributed by atoms with Gasteiger partial charge in [0.25, 0.3) is 6.92 Å². The molecule has 0 saturated heterocycles. The predicted molar refractivity (Wildman–Crippen MR) is 131 cm³/mol. The zero-order chi connectivity index (χ0) is 22.2. The summed E-state index contributed by atoms with van der Waals surface area (Å²) in [6, 6.07) is 0. The standard InChI is InChI=1S/C27H46BClO/c1-10-24(29)25(15(2)3)30-28(22-13-18-11-20(16(22)4)26(18,6)7)23-14-19-12-21(17(23)5)27(19,8)9/h10,15-25H,1,11-14H2,2-9H3/t16-,17-,18+,19+,20-,21-,22-,23-,24-,25-/m1/s1. The number of alkyl halides is 1. The van der Waals surface area contributed by atoms with Crippen molar-refractivity contribution in [2.24, 2.45) is 52.3 Å². The van der Waals surface area contributed by atoms with Gasteiger partial charge in [-0.2, -0.15) is 0 Å². The summed E-state index contributed by atoms with van der Waals surface area (Å²) in [4.78, 5) is 0. The number of fused-ring (bicyclic) bond motifs is 4. The number of halogens is 1. The molecule has 0 radical (unpaired) electrons. The fourth-order valence-electron chi connectivity index (χ4n) is 8.68. The molecule has 0 amide bonds. The molecule has 6 fully saturated rings. The first-order valence-electron chi connectivity index (χ1n) is 12.8. The van der Waals surface area contributed by atoms with Gasteiger partial charge in [0, 0.05) is 0 Å². The highest BCUT2D eigenvalue weighted by molar-refractivity contribution is 6.56. The van der Waals surface area contributed by atoms with Crippen LogP contribution in [0.3, 0.4) is 0 Å². The van der Waals surface area contributed by atoms with Crippen molar-refractivity contribution in [1.82, 2.24) is 0 Å². The molecule has 6 saturated carbocycles. The Morgan fingerprint density at radius 2 is 1.33 bits per heavy atom. The van der Waals surface area contributed by atoms with E-state index in [1.54, 1.807) is 0 Å². The number of rotatable bonds is 7. The topological polar surface area (TPSA) is 9.23 Å². The van der Waals surface area contributed by atoms with E-state index in [0.717, 1.165) is 35.5 Å². The van der Waals surface area contributed by atoms with Crippen molar-refractivity contribution in [3.05, 3.63) is 12.7 Å². The van der Waals surface area contributed by atoms with E-state index in [1.807, 2.05) is 6.08 Å². The van der Waals surface area contributed by atoms with Crippen molar-refractivity contribution in [3.63, 3.8) is 0 Å². The Kier molecular flexibility index (Phi) is 6.06. The first-order valence-corrected chi connectivity index (χ1v) is 13.3. The van der Waals surface area contributed by atoms with Gasteiger partial charge in [-0.1, -0.05) is 74.3 Å². The second kappa shape index (κ2) is 7.83. The summed E-state index contributed by atoms with van der Waals surface area (Å²) in [7, 11) is 0. The molecule has 6 aliphatic carbocycles. The summed E-state index contributed by atoms with van der Waals surface area (Å²) in [5, 5.41) is -0.109. The molecule has 0 heterocycles. The minimum Gasteiger partial charge on any atom is -0.431 e. The zero-order valence-electron chi connectivity index (χ0n) is 20.8. The van der Waals surface area contributed by atoms with Crippen molar-refractivity contribution in [3.8, 4) is 0 Å². The fraction of sp³-hybridized carbons (Fsp3) is 0.926. The van der Waals surface area contributed by atoms with Gasteiger partial charge < -0.3 is 4.65 Å². The average molecular weight is 433 g/mol. The highest BCUT2D eigenvalue weighted by Gasteiger charge is 2.63. The van der Waals surface area contributed by atoms with Crippen LogP contribution in [0.2, 0.25) is 11.6 Å². The van der Waals surface area contributed by atoms with Crippen LogP contribution in [0.1, 0.15) is 81.1 Å². The lowest BCUT2D eigenvalue weighted by atomic mass is 9.27. The molecule has 6 aliphatic rings. The quantitative estimate of drug-likeness (QED) is 0.225. The molecule has 4 bridgehead atoms. The maximum Gasteiger partial charge on any atom is 0.300 e. The van der Waals surface area contributed by atoms with Crippen LogP contribution in [-0.2, 0) is 4.65 Å². The van der Waals surface area contributed by atoms with E-state index in [-0.39, 0.29) is 11.5 Å². The summed E-state index contributed by atoms with van der Waals surface area (Å²) in [6.45, 7) is 24.0. The van der Waals surface area contributed by atoms with Gasteiger partial charge in [-0.3, -0.25) is 0 Å². The van der Waals surface area contributed by atoms with E-state index in [2.05, 4.69) is 62.0 Å². The summed E-state index contributed by atoms with van der Waals surface area (Å²) in [5.41, 5.74) is 1.05. The molecule has 6 rings (SSSR count). The van der Waals surface area contributed by atoms with Crippen LogP contribution in [0.15, 0.2) is 12.7 Å². The molecule has 0 aromatic heterocycles. The van der Waals surface area contributed by atoms with Crippen molar-refractivity contribution in [1.29, 1.82) is 0 Å². The van der Waals surface area contributed by atoms with Gasteiger partial charge in [0.2, 0.25) is 0 Å². The maximum absolute atomic E-state index is 7.16. The van der Waals surface area contributed by atoms with Crippen LogP contribution in [0.25, 0.3) is 0 Å². The smallest absolute Gasteiger partial charge is 0.300 e. The lowest BCUT2D eigenvalue weighted by Gasteiger charge is -2.66. The maximum atomic E-state index is 7.16. The van der Waals surface area contributed by atoms with Crippen LogP contribution >= 0.6 is 11.6 Å². The Bertz CT molecular complexity index is 615. The number of hydrogen-bond acceptors (Lipinski definition) is 1. The second-order valence-corrected chi connectivity index (χ2v) is 13.7. The molecule has 0 spiro atoms. The SMILES string of the molecule is C=C[C@@H](Cl)[C@H](OB([C@@H]1C[C@@H]2C[C@H]([C@H]1C)C2(C)C)[C@@H]1C[C@@H]2C[C@H]([C@H]1C)C2(C)C)C(C)C. The highest BCUT2D eigenvalue weighted by atomic mass is 35.5. The summed E-state index contributed by atoms with van der Waals surface area (Å²) in [6.07, 6.45) is 7.53. The molecule has 0 aromatic rings. The Morgan fingerprint density at radius 3 is 1.63 bits per heavy atom. The van der Waals surface area contributed by atoms with Gasteiger partial charge in [-0.15, -0.1) is 18.2 Å². The minimum atomic E-state index is -0.109. The molecule has 10 atom stereocenters. The molecule has 0 unspecified atom stereocenters. The Balaban J connectivity index is 1.62. The van der Waals surface area contributed by atoms with Gasteiger partial charge in [0.15, 0.2) is 0 Å². The summed E-state index contributed by atoms with van der Waals surface area (Å²) in [5.74, 6) is 6.75. The lowest BCUT2D eigenvalue weighted by Crippen LogP contribution is -2.60. The Morgan fingerprint density at radius 1 is 0.900 bits per heavy atom. The van der Waals surface area contributed by atoms with Crippen LogP contribution in [0, 0.1) is 52.3 Å². The molecule has 0 aliphatic heterocycles. The van der Waals surface area contributed by atoms with E-state index in [1.165, 1.54) is 25.7 Å². The Hall–Kier alpha value is 0.0549. The first kappa shape index (κ1) is 23.2. The van der Waals surface area contributed by atoms with Crippen molar-refractivity contribution < 1.29 is 4.65 Å². The lowest BCUT2D eigenvalue weighted by molar-refractivity contribution is -0.112. The third kappa shape index (κ3) is 3.37. The molecule has 30 heavy (non-hydrogen) atoms. The predicted octanol–water partition coefficient (Wildman–Crippen LogP) is 7.96. The first-order chi connectivity index (χ1) is 13.9. The third-order valence-corrected chi connectivity index (χ3v) is 11.6. The van der Waals surface area contributed by atoms with E-state index in [4.69, 9.17) is 16.3 Å². The fourth-order valence-corrected chi connectivity index (χ4v) is 9.03. The van der Waals surface area contributed by atoms with Gasteiger partial charge in [0.1, 0.15) is 0 Å². The molecular weight excluding hydrogens is 387 g/mol. The molecule has 3 heteroatoms. The van der Waals surface area contributed by atoms with Crippen molar-refractivity contribution >= 4 is 18.5 Å². The van der Waals surface area contributed by atoms with E-state index < -0.39 is 0 Å². The van der Waals surface area contributed by atoms with Crippen LogP contribution < -0.4 is 0 Å². The van der Waals surface area contributed by atoms with Gasteiger partial charge in [-0.05, 0) is 76.7 Å². The van der Waals surface area contributed by atoms with Crippen LogP contribution in [0.4, 0.5) is 0 Å². The van der Waals surface area contributed by atoms with E-state index in [9.17, 15) is 0 Å². The van der Waals surface area contributed by atoms with E-state index in [0.29, 0.717) is 35.3 Å². The van der Waals surface area contributed by atoms with E-state index >= 15 is 0 Å². The van der Waals surface area contributed by atoms with Crippen LogP contribution in [0.5, 0.6) is 0 Å². The number of hydrogen-bond donors (Lipinski definition) is 0. The summed E-state index contributed by atoms with van der Waals surface area (Å²) < 4.78 is 7.16. The van der Waals surface area contributed by atoms with Crippen molar-refractivity contribution in [2.45, 2.75) is 104 Å². The second-order valence-electron chi connectivity index (χ2n) is 13.2. The third-order valence-electron chi connectivity index (χ3n) is 11.2. The largest absolute Gasteiger partial charge is 0.431 e. The average Bonchev–Trinajstić information content (AvgIpc) is 2.68. The molecular formula is C27H46BClO. The minimum absolute atomic E-state index is 0.0612. The Labute approximate surface area is 192 Å². The zero-order valence-corrected chi connectivity index (χ0v) is 21.6. The van der Waals surface area contributed by atoms with Crippen molar-refractivity contribution in [2.75, 3.05) is 0 Å². The van der Waals surface area contributed by atoms with Gasteiger partial charge in [-0.25, -0.2) is 0 Å².